The first-order valence-electron chi connectivity index (χ1n) is 13.0. The molecule has 3 heterocycles. The number of anilines is 1. The molecule has 12 heteroatoms. The quantitative estimate of drug-likeness (QED) is 0.250. The Labute approximate surface area is 230 Å². The molecule has 9 nitrogen and oxygen atoms in total. The number of piperidine rings is 1. The third-order valence-corrected chi connectivity index (χ3v) is 7.90. The molecule has 2 fully saturated rings. The average molecular weight is 565 g/mol. The van der Waals surface area contributed by atoms with Gasteiger partial charge in [-0.2, -0.15) is 13.2 Å². The zero-order valence-electron chi connectivity index (χ0n) is 21.4. The van der Waals surface area contributed by atoms with Crippen LogP contribution in [0.5, 0.6) is 0 Å². The van der Waals surface area contributed by atoms with Gasteiger partial charge >= 0.3 is 6.18 Å². The molecule has 3 aromatic rings. The zero-order valence-corrected chi connectivity index (χ0v) is 21.4. The topological polar surface area (TPSA) is 128 Å². The van der Waals surface area contributed by atoms with Crippen molar-refractivity contribution in [2.75, 3.05) is 5.32 Å². The van der Waals surface area contributed by atoms with Gasteiger partial charge in [-0.05, 0) is 36.1 Å². The van der Waals surface area contributed by atoms with Gasteiger partial charge in [0.1, 0.15) is 6.04 Å². The Morgan fingerprint density at radius 1 is 0.976 bits per heavy atom. The van der Waals surface area contributed by atoms with Crippen molar-refractivity contribution in [1.29, 1.82) is 0 Å². The zero-order chi connectivity index (χ0) is 29.1. The third kappa shape index (κ3) is 4.58. The maximum atomic E-state index is 13.6. The van der Waals surface area contributed by atoms with E-state index in [0.29, 0.717) is 16.8 Å². The second-order valence-corrected chi connectivity index (χ2v) is 10.4. The van der Waals surface area contributed by atoms with E-state index in [-0.39, 0.29) is 66.1 Å². The maximum absolute atomic E-state index is 13.6. The highest BCUT2D eigenvalue weighted by molar-refractivity contribution is 6.22. The van der Waals surface area contributed by atoms with Crippen molar-refractivity contribution in [2.45, 2.75) is 50.4 Å². The Bertz CT molecular complexity index is 1670. The summed E-state index contributed by atoms with van der Waals surface area (Å²) in [5.41, 5.74) is 1.01. The summed E-state index contributed by atoms with van der Waals surface area (Å²) in [7, 11) is 0. The molecule has 2 aromatic carbocycles. The maximum Gasteiger partial charge on any atom is 0.418 e. The lowest BCUT2D eigenvalue weighted by atomic mass is 9.79. The number of imide groups is 1. The number of rotatable bonds is 4. The number of nitrogens with zero attached hydrogens (tertiary/aromatic N) is 1. The van der Waals surface area contributed by atoms with Crippen molar-refractivity contribution >= 4 is 45.9 Å². The Morgan fingerprint density at radius 3 is 2.41 bits per heavy atom. The van der Waals surface area contributed by atoms with Crippen molar-refractivity contribution < 1.29 is 37.1 Å². The molecule has 1 aliphatic carbocycles. The molecule has 0 bridgehead atoms. The smallest absolute Gasteiger partial charge is 0.361 e. The average Bonchev–Trinajstić information content (AvgIpc) is 3.50. The van der Waals surface area contributed by atoms with Crippen LogP contribution in [0.4, 0.5) is 18.9 Å². The van der Waals surface area contributed by atoms with Crippen LogP contribution >= 0.6 is 0 Å². The van der Waals surface area contributed by atoms with Crippen LogP contribution in [0.25, 0.3) is 10.9 Å². The first-order chi connectivity index (χ1) is 19.5. The fourth-order valence-electron chi connectivity index (χ4n) is 5.92. The summed E-state index contributed by atoms with van der Waals surface area (Å²) < 4.78 is 40.9. The van der Waals surface area contributed by atoms with E-state index >= 15 is 0 Å². The minimum Gasteiger partial charge on any atom is -0.361 e. The number of aromatic amines is 1. The van der Waals surface area contributed by atoms with Crippen molar-refractivity contribution in [1.82, 2.24) is 15.2 Å². The van der Waals surface area contributed by atoms with Crippen molar-refractivity contribution in [2.24, 2.45) is 0 Å². The number of ketones is 2. The summed E-state index contributed by atoms with van der Waals surface area (Å²) in [6.45, 7) is 0.0962. The number of carbonyl (C=O) groups excluding carboxylic acids is 5. The summed E-state index contributed by atoms with van der Waals surface area (Å²) in [5.74, 6) is -3.02. The van der Waals surface area contributed by atoms with Gasteiger partial charge in [-0.15, -0.1) is 0 Å². The van der Waals surface area contributed by atoms with Crippen LogP contribution in [0, 0.1) is 0 Å². The highest BCUT2D eigenvalue weighted by Crippen LogP contribution is 2.42. The molecule has 41 heavy (non-hydrogen) atoms. The first kappa shape index (κ1) is 26.5. The van der Waals surface area contributed by atoms with Gasteiger partial charge in [0, 0.05) is 65.9 Å². The van der Waals surface area contributed by atoms with Crippen LogP contribution in [-0.2, 0) is 31.9 Å². The lowest BCUT2D eigenvalue weighted by Gasteiger charge is -2.29. The third-order valence-electron chi connectivity index (χ3n) is 7.90. The van der Waals surface area contributed by atoms with Gasteiger partial charge in [0.25, 0.3) is 5.91 Å². The van der Waals surface area contributed by atoms with Crippen LogP contribution in [-0.4, -0.2) is 45.2 Å². The fraction of sp³-hybridized carbons (Fsp3) is 0.276. The van der Waals surface area contributed by atoms with E-state index in [0.717, 1.165) is 6.20 Å². The van der Waals surface area contributed by atoms with Crippen molar-refractivity contribution in [3.63, 3.8) is 0 Å². The van der Waals surface area contributed by atoms with Crippen LogP contribution in [0.15, 0.2) is 54.4 Å². The Hall–Kier alpha value is -4.74. The number of Topliss-reactive ketones (excluding diaryl/α,β-unsaturated/α-hetero) is 2. The molecule has 3 N–H and O–H groups in total. The number of H-pyrrole nitrogens is 1. The van der Waals surface area contributed by atoms with Crippen LogP contribution < -0.4 is 10.6 Å². The number of alkyl halides is 3. The molecule has 2 aliphatic heterocycles. The summed E-state index contributed by atoms with van der Waals surface area (Å²) in [6, 6.07) is 8.73. The molecule has 3 amide bonds. The number of hydrogen-bond donors (Lipinski definition) is 3. The Kier molecular flexibility index (Phi) is 6.28. The number of allylic oxidation sites excluding steroid dienone is 1. The first-order valence-corrected chi connectivity index (χ1v) is 13.0. The number of benzene rings is 2. The van der Waals surface area contributed by atoms with Gasteiger partial charge in [-0.3, -0.25) is 29.3 Å². The Morgan fingerprint density at radius 2 is 1.71 bits per heavy atom. The summed E-state index contributed by atoms with van der Waals surface area (Å²) >= 11 is 0. The number of nitrogens with one attached hydrogen (secondary N) is 3. The van der Waals surface area contributed by atoms with Gasteiger partial charge in [-0.1, -0.05) is 18.2 Å². The van der Waals surface area contributed by atoms with E-state index in [1.807, 2.05) is 0 Å². The van der Waals surface area contributed by atoms with Gasteiger partial charge in [-0.25, -0.2) is 0 Å². The molecule has 1 aromatic heterocycles. The second kappa shape index (κ2) is 9.72. The number of carbonyl (C=O) groups is 5. The SMILES string of the molecule is O=C1CCC(N2Cc3c(NC=C4C(=O)CC(c5cccc6[nH]cc(C(F)(F)F)c56)CC4=O)cccc3C2=O)C(=O)N1. The summed E-state index contributed by atoms with van der Waals surface area (Å²) in [4.78, 5) is 67.1. The largest absolute Gasteiger partial charge is 0.418 e. The van der Waals surface area contributed by atoms with E-state index in [1.165, 1.54) is 23.2 Å². The molecule has 0 spiro atoms. The minimum absolute atomic E-state index is 0.0405. The van der Waals surface area contributed by atoms with Crippen LogP contribution in [0.2, 0.25) is 0 Å². The Balaban J connectivity index is 1.22. The molecular weight excluding hydrogens is 541 g/mol. The highest BCUT2D eigenvalue weighted by atomic mass is 19.4. The molecule has 1 saturated carbocycles. The van der Waals surface area contributed by atoms with Crippen LogP contribution in [0.1, 0.15) is 58.6 Å². The molecule has 1 atom stereocenters. The standard InChI is InChI=1S/C29H23F3N4O5/c30-29(31,32)19-12-34-21-6-1-3-15(26(19)21)14-9-23(37)17(24(38)10-14)11-33-20-5-2-4-16-18(20)13-36(28(16)41)22-7-8-25(39)35-27(22)40/h1-6,11-12,14,22,33-34H,7-10,13H2,(H,35,39,40). The van der Waals surface area contributed by atoms with E-state index in [4.69, 9.17) is 0 Å². The van der Waals surface area contributed by atoms with Gasteiger partial charge < -0.3 is 15.2 Å². The summed E-state index contributed by atoms with van der Waals surface area (Å²) in [5, 5.41) is 5.17. The molecule has 1 saturated heterocycles. The second-order valence-electron chi connectivity index (χ2n) is 10.4. The molecule has 0 radical (unpaired) electrons. The minimum atomic E-state index is -4.60. The van der Waals surface area contributed by atoms with E-state index in [9.17, 15) is 37.1 Å². The van der Waals surface area contributed by atoms with Gasteiger partial charge in [0.2, 0.25) is 11.8 Å². The number of amides is 3. The molecule has 210 valence electrons. The lowest BCUT2D eigenvalue weighted by Crippen LogP contribution is -2.52. The molecule has 6 rings (SSSR count). The van der Waals surface area contributed by atoms with Crippen molar-refractivity contribution in [3.05, 3.63) is 76.6 Å². The predicted octanol–water partition coefficient (Wildman–Crippen LogP) is 3.96. The van der Waals surface area contributed by atoms with Crippen molar-refractivity contribution in [3.8, 4) is 0 Å². The fourth-order valence-corrected chi connectivity index (χ4v) is 5.92. The van der Waals surface area contributed by atoms with Crippen LogP contribution in [0.3, 0.4) is 0 Å². The van der Waals surface area contributed by atoms with Gasteiger partial charge in [0.15, 0.2) is 11.6 Å². The summed E-state index contributed by atoms with van der Waals surface area (Å²) in [6.07, 6.45) is -2.40. The normalized spacial score (nSPS) is 21.4. The predicted molar refractivity (Wildman–Crippen MR) is 139 cm³/mol. The number of fused-ring (bicyclic) bond motifs is 2. The number of hydrogen-bond acceptors (Lipinski definition) is 6. The van der Waals surface area contributed by atoms with Gasteiger partial charge in [0.05, 0.1) is 11.1 Å². The highest BCUT2D eigenvalue weighted by Gasteiger charge is 2.40. The number of aromatic nitrogens is 1. The van der Waals surface area contributed by atoms with E-state index in [1.54, 1.807) is 24.3 Å². The lowest BCUT2D eigenvalue weighted by molar-refractivity contribution is -0.137. The monoisotopic (exact) mass is 564 g/mol. The molecule has 1 unspecified atom stereocenters. The molecule has 3 aliphatic rings. The molecular formula is C29H23F3N4O5. The van der Waals surface area contributed by atoms with E-state index in [2.05, 4.69) is 15.6 Å². The number of halogens is 3. The van der Waals surface area contributed by atoms with E-state index < -0.39 is 41.2 Å².